The standard InChI is InChI=1S/C34H33N3O3/c1-33(2,3)21-13-14-35-25(17-21)24-19-28(32-30-29-26(39-31(24)30)11-8-12-27(29)40-32)38-23-10-7-9-22(18-23)36-15-16-37(20-36)34(4,5)6/h7-19H,20H2,1-6H3. The first kappa shape index (κ1) is 24.6. The minimum atomic E-state index is -0.0127. The molecule has 3 aromatic carbocycles. The van der Waals surface area contributed by atoms with Crippen molar-refractivity contribution in [2.75, 3.05) is 11.6 Å². The molecule has 1 aliphatic heterocycles. The van der Waals surface area contributed by atoms with Gasteiger partial charge in [0.25, 0.3) is 0 Å². The molecule has 6 heteroatoms. The lowest BCUT2D eigenvalue weighted by atomic mass is 9.87. The van der Waals surface area contributed by atoms with Crippen LogP contribution in [0.25, 0.3) is 44.4 Å². The summed E-state index contributed by atoms with van der Waals surface area (Å²) in [6.45, 7) is 14.1. The van der Waals surface area contributed by atoms with Crippen molar-refractivity contribution >= 4 is 38.8 Å². The van der Waals surface area contributed by atoms with Crippen LogP contribution in [0.2, 0.25) is 0 Å². The molecule has 0 bridgehead atoms. The van der Waals surface area contributed by atoms with E-state index in [0.717, 1.165) is 56.9 Å². The van der Waals surface area contributed by atoms with Gasteiger partial charge in [0.15, 0.2) is 11.3 Å². The monoisotopic (exact) mass is 531 g/mol. The molecule has 0 N–H and O–H groups in total. The molecule has 202 valence electrons. The van der Waals surface area contributed by atoms with Crippen molar-refractivity contribution in [2.45, 2.75) is 52.5 Å². The van der Waals surface area contributed by atoms with Gasteiger partial charge in [0.1, 0.15) is 22.5 Å². The molecule has 0 radical (unpaired) electrons. The van der Waals surface area contributed by atoms with E-state index in [4.69, 9.17) is 18.6 Å². The Morgan fingerprint density at radius 2 is 1.55 bits per heavy atom. The fourth-order valence-electron chi connectivity index (χ4n) is 5.39. The summed E-state index contributed by atoms with van der Waals surface area (Å²) in [7, 11) is 0. The fraction of sp³-hybridized carbons (Fsp3) is 0.265. The lowest BCUT2D eigenvalue weighted by Gasteiger charge is -2.33. The summed E-state index contributed by atoms with van der Waals surface area (Å²) in [6.07, 6.45) is 6.13. The van der Waals surface area contributed by atoms with Crippen molar-refractivity contribution in [3.05, 3.63) is 84.8 Å². The van der Waals surface area contributed by atoms with Crippen LogP contribution in [0, 0.1) is 0 Å². The molecule has 0 saturated heterocycles. The zero-order chi connectivity index (χ0) is 27.8. The van der Waals surface area contributed by atoms with E-state index >= 15 is 0 Å². The van der Waals surface area contributed by atoms with Crippen molar-refractivity contribution in [1.82, 2.24) is 9.88 Å². The molecule has 0 amide bonds. The molecular weight excluding hydrogens is 498 g/mol. The molecule has 0 spiro atoms. The first-order valence-electron chi connectivity index (χ1n) is 13.7. The van der Waals surface area contributed by atoms with Crippen LogP contribution in [-0.2, 0) is 5.41 Å². The number of furan rings is 2. The van der Waals surface area contributed by atoms with Crippen molar-refractivity contribution in [3.8, 4) is 22.8 Å². The van der Waals surface area contributed by atoms with E-state index < -0.39 is 0 Å². The predicted molar refractivity (Wildman–Crippen MR) is 161 cm³/mol. The first-order chi connectivity index (χ1) is 19.1. The van der Waals surface area contributed by atoms with Crippen molar-refractivity contribution in [1.29, 1.82) is 0 Å². The maximum absolute atomic E-state index is 6.61. The number of benzene rings is 3. The van der Waals surface area contributed by atoms with Gasteiger partial charge < -0.3 is 23.4 Å². The van der Waals surface area contributed by atoms with Crippen LogP contribution in [0.5, 0.6) is 11.5 Å². The number of hydrogen-bond donors (Lipinski definition) is 0. The van der Waals surface area contributed by atoms with Crippen LogP contribution < -0.4 is 9.64 Å². The second kappa shape index (κ2) is 8.52. The molecule has 6 aromatic rings. The maximum atomic E-state index is 6.61. The van der Waals surface area contributed by atoms with Crippen LogP contribution in [0.4, 0.5) is 5.69 Å². The Balaban J connectivity index is 1.34. The topological polar surface area (TPSA) is 54.9 Å². The molecule has 0 aliphatic carbocycles. The lowest BCUT2D eigenvalue weighted by molar-refractivity contribution is 0.223. The third-order valence-electron chi connectivity index (χ3n) is 7.73. The Morgan fingerprint density at radius 3 is 2.27 bits per heavy atom. The summed E-state index contributed by atoms with van der Waals surface area (Å²) in [4.78, 5) is 9.29. The van der Waals surface area contributed by atoms with E-state index in [0.29, 0.717) is 11.3 Å². The van der Waals surface area contributed by atoms with Gasteiger partial charge in [0.05, 0.1) is 23.1 Å². The number of hydrogen-bond acceptors (Lipinski definition) is 6. The summed E-state index contributed by atoms with van der Waals surface area (Å²) >= 11 is 0. The van der Waals surface area contributed by atoms with E-state index in [2.05, 4.69) is 88.0 Å². The Morgan fingerprint density at radius 1 is 0.800 bits per heavy atom. The molecule has 4 heterocycles. The normalized spacial score (nSPS) is 14.4. The van der Waals surface area contributed by atoms with E-state index in [9.17, 15) is 0 Å². The highest BCUT2D eigenvalue weighted by Gasteiger charge is 2.27. The molecule has 6 nitrogen and oxygen atoms in total. The van der Waals surface area contributed by atoms with E-state index in [1.54, 1.807) is 0 Å². The SMILES string of the molecule is CC(C)(C)c1ccnc(-c2cc(Oc3cccc(N4C=CN(C(C)(C)C)C4)c3)c3oc4cccc5oc2c3c45)c1. The van der Waals surface area contributed by atoms with Crippen molar-refractivity contribution in [3.63, 3.8) is 0 Å². The molecule has 0 unspecified atom stereocenters. The molecular formula is C34H33N3O3. The number of pyridine rings is 1. The molecule has 0 saturated carbocycles. The minimum Gasteiger partial charge on any atom is -0.455 e. The van der Waals surface area contributed by atoms with Gasteiger partial charge in [0.2, 0.25) is 0 Å². The van der Waals surface area contributed by atoms with Crippen molar-refractivity contribution in [2.24, 2.45) is 0 Å². The van der Waals surface area contributed by atoms with Gasteiger partial charge in [-0.2, -0.15) is 0 Å². The minimum absolute atomic E-state index is 0.0127. The number of nitrogens with zero attached hydrogens (tertiary/aromatic N) is 3. The molecule has 40 heavy (non-hydrogen) atoms. The zero-order valence-electron chi connectivity index (χ0n) is 23.8. The maximum Gasteiger partial charge on any atom is 0.181 e. The summed E-state index contributed by atoms with van der Waals surface area (Å²) in [6, 6.07) is 20.3. The van der Waals surface area contributed by atoms with Gasteiger partial charge in [-0.15, -0.1) is 0 Å². The summed E-state index contributed by atoms with van der Waals surface area (Å²) in [5, 5.41) is 1.91. The number of anilines is 1. The number of aromatic nitrogens is 1. The summed E-state index contributed by atoms with van der Waals surface area (Å²) in [5.74, 6) is 1.37. The highest BCUT2D eigenvalue weighted by Crippen LogP contribution is 2.48. The highest BCUT2D eigenvalue weighted by atomic mass is 16.5. The van der Waals surface area contributed by atoms with Gasteiger partial charge in [0, 0.05) is 41.5 Å². The Kier molecular flexibility index (Phi) is 5.24. The second-order valence-electron chi connectivity index (χ2n) is 12.6. The van der Waals surface area contributed by atoms with E-state index in [-0.39, 0.29) is 11.0 Å². The predicted octanol–water partition coefficient (Wildman–Crippen LogP) is 9.27. The quantitative estimate of drug-likeness (QED) is 0.226. The van der Waals surface area contributed by atoms with Crippen LogP contribution in [0.1, 0.15) is 47.1 Å². The third-order valence-corrected chi connectivity index (χ3v) is 7.73. The second-order valence-corrected chi connectivity index (χ2v) is 12.6. The van der Waals surface area contributed by atoms with Gasteiger partial charge in [-0.25, -0.2) is 0 Å². The number of rotatable bonds is 4. The van der Waals surface area contributed by atoms with Crippen LogP contribution in [0.3, 0.4) is 0 Å². The van der Waals surface area contributed by atoms with E-state index in [1.165, 1.54) is 5.56 Å². The number of ether oxygens (including phenoxy) is 1. The fourth-order valence-corrected chi connectivity index (χ4v) is 5.39. The Labute approximate surface area is 233 Å². The van der Waals surface area contributed by atoms with Crippen LogP contribution in [0.15, 0.2) is 88.1 Å². The van der Waals surface area contributed by atoms with Gasteiger partial charge in [-0.3, -0.25) is 4.98 Å². The largest absolute Gasteiger partial charge is 0.455 e. The van der Waals surface area contributed by atoms with E-state index in [1.807, 2.05) is 42.6 Å². The van der Waals surface area contributed by atoms with Crippen LogP contribution >= 0.6 is 0 Å². The first-order valence-corrected chi connectivity index (χ1v) is 13.7. The average Bonchev–Trinajstić information content (AvgIpc) is 3.65. The molecule has 7 rings (SSSR count). The van der Waals surface area contributed by atoms with Gasteiger partial charge >= 0.3 is 0 Å². The smallest absolute Gasteiger partial charge is 0.181 e. The zero-order valence-corrected chi connectivity index (χ0v) is 23.8. The highest BCUT2D eigenvalue weighted by molar-refractivity contribution is 6.24. The molecule has 0 fully saturated rings. The Bertz CT molecular complexity index is 1900. The summed E-state index contributed by atoms with van der Waals surface area (Å²) in [5.41, 5.74) is 7.04. The average molecular weight is 532 g/mol. The molecule has 1 aliphatic rings. The third kappa shape index (κ3) is 3.98. The summed E-state index contributed by atoms with van der Waals surface area (Å²) < 4.78 is 19.4. The molecule has 3 aromatic heterocycles. The van der Waals surface area contributed by atoms with Crippen molar-refractivity contribution < 1.29 is 13.6 Å². The molecule has 0 atom stereocenters. The van der Waals surface area contributed by atoms with Gasteiger partial charge in [-0.1, -0.05) is 32.9 Å². The Hall–Kier alpha value is -4.45. The lowest BCUT2D eigenvalue weighted by Crippen LogP contribution is -2.39. The van der Waals surface area contributed by atoms with Gasteiger partial charge in [-0.05, 0) is 74.2 Å². The van der Waals surface area contributed by atoms with Crippen LogP contribution in [-0.4, -0.2) is 22.1 Å².